The van der Waals surface area contributed by atoms with E-state index in [0.717, 1.165) is 16.8 Å². The van der Waals surface area contributed by atoms with Crippen LogP contribution < -0.4 is 5.32 Å². The van der Waals surface area contributed by atoms with E-state index in [2.05, 4.69) is 36.5 Å². The first-order valence-corrected chi connectivity index (χ1v) is 6.20. The molecule has 1 N–H and O–H groups in total. The number of nitrogens with one attached hydrogen (secondary N) is 1. The number of allylic oxidation sites excluding steroid dienone is 1. The third-order valence-corrected chi connectivity index (χ3v) is 3.07. The van der Waals surface area contributed by atoms with Crippen LogP contribution in [-0.4, -0.2) is 7.05 Å². The Bertz CT molecular complexity index is 631. The standard InChI is InChI=1S/C17H16N2/c1-13(15-9-7-14(12-18)8-10-15)11-16-5-3-4-6-17(16)19-2/h3-11,19H,1-2H3/b13-11+. The van der Waals surface area contributed by atoms with E-state index in [4.69, 9.17) is 5.26 Å². The highest BCUT2D eigenvalue weighted by atomic mass is 14.8. The average molecular weight is 248 g/mol. The number of nitrogens with zero attached hydrogens (tertiary/aromatic N) is 1. The van der Waals surface area contributed by atoms with Gasteiger partial charge in [0.25, 0.3) is 0 Å². The molecule has 0 aliphatic heterocycles. The molecule has 0 radical (unpaired) electrons. The van der Waals surface area contributed by atoms with Crippen molar-refractivity contribution < 1.29 is 0 Å². The van der Waals surface area contributed by atoms with Gasteiger partial charge in [-0.1, -0.05) is 30.3 Å². The number of benzene rings is 2. The maximum Gasteiger partial charge on any atom is 0.0991 e. The van der Waals surface area contributed by atoms with Gasteiger partial charge in [-0.2, -0.15) is 5.26 Å². The summed E-state index contributed by atoms with van der Waals surface area (Å²) in [6.07, 6.45) is 2.15. The smallest absolute Gasteiger partial charge is 0.0991 e. The quantitative estimate of drug-likeness (QED) is 0.828. The SMILES string of the molecule is CNc1ccccc1/C=C(\C)c1ccc(C#N)cc1. The summed E-state index contributed by atoms with van der Waals surface area (Å²) in [7, 11) is 1.92. The van der Waals surface area contributed by atoms with Crippen LogP contribution in [-0.2, 0) is 0 Å². The van der Waals surface area contributed by atoms with Crippen LogP contribution in [0.2, 0.25) is 0 Å². The molecule has 2 nitrogen and oxygen atoms in total. The number of hydrogen-bond acceptors (Lipinski definition) is 2. The highest BCUT2D eigenvalue weighted by molar-refractivity contribution is 5.84. The van der Waals surface area contributed by atoms with Crippen molar-refractivity contribution in [3.05, 3.63) is 65.2 Å². The van der Waals surface area contributed by atoms with Gasteiger partial charge < -0.3 is 5.32 Å². The molecule has 2 aromatic rings. The van der Waals surface area contributed by atoms with Crippen molar-refractivity contribution >= 4 is 17.3 Å². The van der Waals surface area contributed by atoms with Crippen LogP contribution in [0.3, 0.4) is 0 Å². The molecule has 0 aromatic heterocycles. The molecular weight excluding hydrogens is 232 g/mol. The topological polar surface area (TPSA) is 35.8 Å². The molecular formula is C17H16N2. The van der Waals surface area contributed by atoms with Crippen molar-refractivity contribution in [3.8, 4) is 6.07 Å². The van der Waals surface area contributed by atoms with Gasteiger partial charge in [0, 0.05) is 12.7 Å². The van der Waals surface area contributed by atoms with Crippen LogP contribution in [0.25, 0.3) is 11.6 Å². The predicted molar refractivity (Wildman–Crippen MR) is 80.7 cm³/mol. The number of anilines is 1. The summed E-state index contributed by atoms with van der Waals surface area (Å²) in [5.41, 5.74) is 5.26. The summed E-state index contributed by atoms with van der Waals surface area (Å²) in [4.78, 5) is 0. The summed E-state index contributed by atoms with van der Waals surface area (Å²) < 4.78 is 0. The van der Waals surface area contributed by atoms with Gasteiger partial charge in [0.15, 0.2) is 0 Å². The molecule has 0 atom stereocenters. The highest BCUT2D eigenvalue weighted by Crippen LogP contribution is 2.22. The molecule has 94 valence electrons. The Morgan fingerprint density at radius 1 is 1.11 bits per heavy atom. The molecule has 2 rings (SSSR count). The third kappa shape index (κ3) is 3.02. The zero-order chi connectivity index (χ0) is 13.7. The first-order chi connectivity index (χ1) is 9.24. The van der Waals surface area contributed by atoms with Crippen LogP contribution in [0.5, 0.6) is 0 Å². The van der Waals surface area contributed by atoms with Crippen molar-refractivity contribution in [2.24, 2.45) is 0 Å². The first kappa shape index (κ1) is 12.9. The van der Waals surface area contributed by atoms with Crippen molar-refractivity contribution in [1.29, 1.82) is 5.26 Å². The van der Waals surface area contributed by atoms with E-state index in [1.54, 1.807) is 0 Å². The lowest BCUT2D eigenvalue weighted by Gasteiger charge is -2.07. The molecule has 19 heavy (non-hydrogen) atoms. The minimum atomic E-state index is 0.687. The van der Waals surface area contributed by atoms with Crippen LogP contribution in [0.1, 0.15) is 23.6 Å². The summed E-state index contributed by atoms with van der Waals surface area (Å²) in [6, 6.07) is 18.0. The summed E-state index contributed by atoms with van der Waals surface area (Å²) in [6.45, 7) is 2.08. The second kappa shape index (κ2) is 5.88. The fraction of sp³-hybridized carbons (Fsp3) is 0.118. The Labute approximate surface area is 114 Å². The van der Waals surface area contributed by atoms with Crippen LogP contribution in [0.4, 0.5) is 5.69 Å². The number of rotatable bonds is 3. The zero-order valence-corrected chi connectivity index (χ0v) is 11.1. The maximum absolute atomic E-state index is 8.80. The van der Waals surface area contributed by atoms with Crippen LogP contribution in [0, 0.1) is 11.3 Å². The molecule has 0 unspecified atom stereocenters. The molecule has 0 bridgehead atoms. The minimum absolute atomic E-state index is 0.687. The maximum atomic E-state index is 8.80. The predicted octanol–water partition coefficient (Wildman–Crippen LogP) is 4.16. The third-order valence-electron chi connectivity index (χ3n) is 3.07. The molecule has 0 spiro atoms. The van der Waals surface area contributed by atoms with E-state index < -0.39 is 0 Å². The van der Waals surface area contributed by atoms with E-state index in [9.17, 15) is 0 Å². The Balaban J connectivity index is 2.34. The summed E-state index contributed by atoms with van der Waals surface area (Å²) >= 11 is 0. The molecule has 0 saturated carbocycles. The number of hydrogen-bond donors (Lipinski definition) is 1. The van der Waals surface area contributed by atoms with Crippen molar-refractivity contribution in [1.82, 2.24) is 0 Å². The van der Waals surface area contributed by atoms with Crippen LogP contribution >= 0.6 is 0 Å². The Kier molecular flexibility index (Phi) is 4.00. The average Bonchev–Trinajstić information content (AvgIpc) is 2.48. The van der Waals surface area contributed by atoms with E-state index in [-0.39, 0.29) is 0 Å². The van der Waals surface area contributed by atoms with E-state index in [1.165, 1.54) is 5.57 Å². The fourth-order valence-electron chi connectivity index (χ4n) is 1.97. The molecule has 0 saturated heterocycles. The van der Waals surface area contributed by atoms with Gasteiger partial charge in [0.2, 0.25) is 0 Å². The highest BCUT2D eigenvalue weighted by Gasteiger charge is 2.00. The zero-order valence-electron chi connectivity index (χ0n) is 11.1. The van der Waals surface area contributed by atoms with E-state index >= 15 is 0 Å². The lowest BCUT2D eigenvalue weighted by molar-refractivity contribution is 1.47. The normalized spacial score (nSPS) is 10.9. The summed E-state index contributed by atoms with van der Waals surface area (Å²) in [5, 5.41) is 12.0. The van der Waals surface area contributed by atoms with E-state index in [1.807, 2.05) is 43.4 Å². The Hall–Kier alpha value is -2.53. The fourth-order valence-corrected chi connectivity index (χ4v) is 1.97. The van der Waals surface area contributed by atoms with Crippen molar-refractivity contribution in [2.45, 2.75) is 6.92 Å². The molecule has 2 aromatic carbocycles. The second-order valence-electron chi connectivity index (χ2n) is 4.35. The van der Waals surface area contributed by atoms with Crippen molar-refractivity contribution in [2.75, 3.05) is 12.4 Å². The number of para-hydroxylation sites is 1. The molecule has 0 aliphatic carbocycles. The van der Waals surface area contributed by atoms with Gasteiger partial charge in [0.05, 0.1) is 11.6 Å². The Morgan fingerprint density at radius 3 is 2.42 bits per heavy atom. The Morgan fingerprint density at radius 2 is 1.79 bits per heavy atom. The van der Waals surface area contributed by atoms with Gasteiger partial charge in [-0.3, -0.25) is 0 Å². The number of nitriles is 1. The molecule has 0 fully saturated rings. The van der Waals surface area contributed by atoms with Gasteiger partial charge in [-0.05, 0) is 47.9 Å². The van der Waals surface area contributed by atoms with Gasteiger partial charge >= 0.3 is 0 Å². The first-order valence-electron chi connectivity index (χ1n) is 6.20. The minimum Gasteiger partial charge on any atom is -0.388 e. The second-order valence-corrected chi connectivity index (χ2v) is 4.35. The van der Waals surface area contributed by atoms with Gasteiger partial charge in [-0.15, -0.1) is 0 Å². The summed E-state index contributed by atoms with van der Waals surface area (Å²) in [5.74, 6) is 0. The van der Waals surface area contributed by atoms with Crippen LogP contribution in [0.15, 0.2) is 48.5 Å². The lowest BCUT2D eigenvalue weighted by Crippen LogP contribution is -1.91. The largest absolute Gasteiger partial charge is 0.388 e. The lowest BCUT2D eigenvalue weighted by atomic mass is 10.0. The van der Waals surface area contributed by atoms with Gasteiger partial charge in [-0.25, -0.2) is 0 Å². The monoisotopic (exact) mass is 248 g/mol. The van der Waals surface area contributed by atoms with Gasteiger partial charge in [0.1, 0.15) is 0 Å². The molecule has 0 aliphatic rings. The molecule has 0 amide bonds. The van der Waals surface area contributed by atoms with E-state index in [0.29, 0.717) is 5.56 Å². The molecule has 0 heterocycles. The van der Waals surface area contributed by atoms with Crippen molar-refractivity contribution in [3.63, 3.8) is 0 Å². The molecule has 2 heteroatoms.